The van der Waals surface area contributed by atoms with Crippen molar-refractivity contribution in [2.24, 2.45) is 5.14 Å². The summed E-state index contributed by atoms with van der Waals surface area (Å²) in [6.45, 7) is 6.74. The van der Waals surface area contributed by atoms with Crippen LogP contribution in [0.5, 0.6) is 5.75 Å². The van der Waals surface area contributed by atoms with E-state index in [1.807, 2.05) is 20.8 Å². The minimum atomic E-state index is -4.02. The Hall–Kier alpha value is -2.33. The van der Waals surface area contributed by atoms with Crippen molar-refractivity contribution < 1.29 is 26.9 Å². The number of unbranched alkanes of at least 4 members (excludes halogenated alkanes) is 8. The average Bonchev–Trinajstić information content (AvgIpc) is 2.73. The molecule has 0 unspecified atom stereocenters. The molecular formula is C25H43N3O6S. The summed E-state index contributed by atoms with van der Waals surface area (Å²) in [6.07, 6.45) is 10.7. The van der Waals surface area contributed by atoms with Gasteiger partial charge in [0.1, 0.15) is 11.4 Å². The normalized spacial score (nSPS) is 11.7. The molecule has 10 heteroatoms. The molecule has 4 N–H and O–H groups in total. The molecule has 0 saturated heterocycles. The summed E-state index contributed by atoms with van der Waals surface area (Å²) in [6, 6.07) is 6.55. The Balaban J connectivity index is 1.93. The number of ether oxygens (including phenoxy) is 1. The number of hydrogen-bond acceptors (Lipinski definition) is 6. The summed E-state index contributed by atoms with van der Waals surface area (Å²) in [5, 5.41) is 10.5. The molecule has 0 fully saturated rings. The van der Waals surface area contributed by atoms with E-state index < -0.39 is 15.9 Å². The van der Waals surface area contributed by atoms with Crippen molar-refractivity contribution in [3.63, 3.8) is 0 Å². The number of carbonyl (C=O) groups is 2. The van der Waals surface area contributed by atoms with E-state index in [0.717, 1.165) is 37.7 Å². The van der Waals surface area contributed by atoms with Crippen LogP contribution in [-0.4, -0.2) is 39.1 Å². The van der Waals surface area contributed by atoms with Gasteiger partial charge in [0.15, 0.2) is 0 Å². The summed E-state index contributed by atoms with van der Waals surface area (Å²) in [5.41, 5.74) is 0.506. The number of benzene rings is 1. The molecule has 0 atom stereocenters. The molecule has 0 saturated carbocycles. The van der Waals surface area contributed by atoms with Gasteiger partial charge in [0, 0.05) is 19.5 Å². The molecule has 1 aromatic rings. The topological polar surface area (TPSA) is 137 Å². The van der Waals surface area contributed by atoms with E-state index >= 15 is 0 Å². The first kappa shape index (κ1) is 30.7. The van der Waals surface area contributed by atoms with Crippen LogP contribution < -0.4 is 20.0 Å². The van der Waals surface area contributed by atoms with Gasteiger partial charge in [-0.3, -0.25) is 4.79 Å². The standard InChI is InChI=1S/C25H43N3O6S/c1-25(2,3)33-24(30)28-19-12-10-8-6-4-5-7-9-11-13-23(29)27-20-18-21-14-16-22(17-15-21)34-35(26,31)32/h14-17H,4-13,18-20H2,1-3H3,(H,27,29)(H,28,30)(H2,26,31,32). The Labute approximate surface area is 210 Å². The highest BCUT2D eigenvalue weighted by Gasteiger charge is 2.15. The third kappa shape index (κ3) is 18.6. The number of nitrogens with two attached hydrogens (primary N) is 1. The average molecular weight is 514 g/mol. The van der Waals surface area contributed by atoms with Crippen LogP contribution in [0.1, 0.15) is 90.5 Å². The molecule has 35 heavy (non-hydrogen) atoms. The fraction of sp³-hybridized carbons (Fsp3) is 0.680. The second kappa shape index (κ2) is 16.4. The minimum Gasteiger partial charge on any atom is -0.444 e. The van der Waals surface area contributed by atoms with Gasteiger partial charge in [-0.2, -0.15) is 13.6 Å². The maximum atomic E-state index is 12.0. The largest absolute Gasteiger partial charge is 0.444 e. The van der Waals surface area contributed by atoms with Crippen molar-refractivity contribution in [1.82, 2.24) is 10.6 Å². The lowest BCUT2D eigenvalue weighted by Crippen LogP contribution is -2.32. The molecule has 2 amide bonds. The van der Waals surface area contributed by atoms with Crippen LogP contribution in [0.4, 0.5) is 4.79 Å². The van der Waals surface area contributed by atoms with Gasteiger partial charge in [-0.1, -0.05) is 57.1 Å². The highest BCUT2D eigenvalue weighted by atomic mass is 32.2. The Kier molecular flexibility index (Phi) is 14.4. The maximum Gasteiger partial charge on any atom is 0.407 e. The van der Waals surface area contributed by atoms with Gasteiger partial charge in [0.2, 0.25) is 5.91 Å². The van der Waals surface area contributed by atoms with Crippen LogP contribution in [-0.2, 0) is 26.3 Å². The molecule has 0 aliphatic rings. The summed E-state index contributed by atoms with van der Waals surface area (Å²) < 4.78 is 31.6. The fourth-order valence-corrected chi connectivity index (χ4v) is 3.81. The number of amides is 2. The molecule has 0 radical (unpaired) electrons. The van der Waals surface area contributed by atoms with Gasteiger partial charge in [0.05, 0.1) is 0 Å². The van der Waals surface area contributed by atoms with E-state index in [1.54, 1.807) is 12.1 Å². The molecule has 9 nitrogen and oxygen atoms in total. The lowest BCUT2D eigenvalue weighted by atomic mass is 10.1. The zero-order chi connectivity index (χ0) is 26.2. The summed E-state index contributed by atoms with van der Waals surface area (Å²) >= 11 is 0. The second-order valence-electron chi connectivity index (χ2n) is 9.68. The summed E-state index contributed by atoms with van der Waals surface area (Å²) in [7, 11) is -4.02. The zero-order valence-electron chi connectivity index (χ0n) is 21.4. The van der Waals surface area contributed by atoms with Crippen molar-refractivity contribution in [2.45, 2.75) is 97.0 Å². The third-order valence-electron chi connectivity index (χ3n) is 5.12. The second-order valence-corrected chi connectivity index (χ2v) is 10.8. The number of alkyl carbamates (subject to hydrolysis) is 1. The first-order chi connectivity index (χ1) is 16.4. The molecular weight excluding hydrogens is 470 g/mol. The number of hydrogen-bond donors (Lipinski definition) is 3. The van der Waals surface area contributed by atoms with Crippen LogP contribution in [0.3, 0.4) is 0 Å². The van der Waals surface area contributed by atoms with Gasteiger partial charge < -0.3 is 19.6 Å². The van der Waals surface area contributed by atoms with Crippen molar-refractivity contribution >= 4 is 22.3 Å². The first-order valence-corrected chi connectivity index (χ1v) is 14.0. The van der Waals surface area contributed by atoms with E-state index in [9.17, 15) is 18.0 Å². The number of nitrogens with one attached hydrogen (secondary N) is 2. The summed E-state index contributed by atoms with van der Waals surface area (Å²) in [4.78, 5) is 23.5. The van der Waals surface area contributed by atoms with E-state index in [1.165, 1.54) is 37.8 Å². The van der Waals surface area contributed by atoms with Crippen molar-refractivity contribution in [1.29, 1.82) is 0 Å². The lowest BCUT2D eigenvalue weighted by molar-refractivity contribution is -0.121. The van der Waals surface area contributed by atoms with E-state index in [0.29, 0.717) is 25.9 Å². The molecule has 0 heterocycles. The third-order valence-corrected chi connectivity index (χ3v) is 5.55. The van der Waals surface area contributed by atoms with Gasteiger partial charge in [-0.25, -0.2) is 4.79 Å². The Morgan fingerprint density at radius 1 is 0.829 bits per heavy atom. The van der Waals surface area contributed by atoms with Crippen LogP contribution >= 0.6 is 0 Å². The van der Waals surface area contributed by atoms with Crippen LogP contribution in [0.15, 0.2) is 24.3 Å². The molecule has 200 valence electrons. The molecule has 1 rings (SSSR count). The monoisotopic (exact) mass is 513 g/mol. The van der Waals surface area contributed by atoms with Crippen LogP contribution in [0, 0.1) is 0 Å². The van der Waals surface area contributed by atoms with E-state index in [-0.39, 0.29) is 17.7 Å². The van der Waals surface area contributed by atoms with E-state index in [2.05, 4.69) is 14.8 Å². The van der Waals surface area contributed by atoms with Crippen molar-refractivity contribution in [2.75, 3.05) is 13.1 Å². The Morgan fingerprint density at radius 2 is 1.37 bits per heavy atom. The molecule has 0 spiro atoms. The zero-order valence-corrected chi connectivity index (χ0v) is 22.3. The van der Waals surface area contributed by atoms with Crippen LogP contribution in [0.2, 0.25) is 0 Å². The number of rotatable bonds is 17. The number of carbonyl (C=O) groups excluding carboxylic acids is 2. The van der Waals surface area contributed by atoms with Gasteiger partial charge in [0.25, 0.3) is 0 Å². The quantitative estimate of drug-likeness (QED) is 0.265. The molecule has 0 aliphatic heterocycles. The molecule has 1 aromatic carbocycles. The lowest BCUT2D eigenvalue weighted by Gasteiger charge is -2.19. The van der Waals surface area contributed by atoms with E-state index in [4.69, 9.17) is 9.88 Å². The predicted molar refractivity (Wildman–Crippen MR) is 137 cm³/mol. The molecule has 0 aromatic heterocycles. The first-order valence-electron chi connectivity index (χ1n) is 12.5. The SMILES string of the molecule is CC(C)(C)OC(=O)NCCCCCCCCCCCC(=O)NCCc1ccc(OS(N)(=O)=O)cc1. The van der Waals surface area contributed by atoms with Gasteiger partial charge >= 0.3 is 16.4 Å². The fourth-order valence-electron chi connectivity index (χ4n) is 3.43. The van der Waals surface area contributed by atoms with Crippen LogP contribution in [0.25, 0.3) is 0 Å². The highest BCUT2D eigenvalue weighted by Crippen LogP contribution is 2.14. The molecule has 0 bridgehead atoms. The Morgan fingerprint density at radius 3 is 1.91 bits per heavy atom. The highest BCUT2D eigenvalue weighted by molar-refractivity contribution is 7.84. The minimum absolute atomic E-state index is 0.0548. The smallest absolute Gasteiger partial charge is 0.407 e. The van der Waals surface area contributed by atoms with Crippen molar-refractivity contribution in [3.05, 3.63) is 29.8 Å². The summed E-state index contributed by atoms with van der Waals surface area (Å²) in [5.74, 6) is 0.215. The molecule has 0 aliphatic carbocycles. The van der Waals surface area contributed by atoms with Crippen molar-refractivity contribution in [3.8, 4) is 5.75 Å². The predicted octanol–water partition coefficient (Wildman–Crippen LogP) is 4.35. The maximum absolute atomic E-state index is 12.0. The van der Waals surface area contributed by atoms with Gasteiger partial charge in [-0.05, 0) is 57.7 Å². The van der Waals surface area contributed by atoms with Gasteiger partial charge in [-0.15, -0.1) is 0 Å². The Bertz CT molecular complexity index is 851.